The van der Waals surface area contributed by atoms with Crippen molar-refractivity contribution >= 4 is 46.6 Å². The highest BCUT2D eigenvalue weighted by Crippen LogP contribution is 2.34. The van der Waals surface area contributed by atoms with Crippen LogP contribution in [0.4, 0.5) is 4.79 Å². The maximum absolute atomic E-state index is 12.4. The molecule has 0 atom stereocenters. The summed E-state index contributed by atoms with van der Waals surface area (Å²) in [5, 5.41) is 9.06. The number of carbonyl (C=O) groups is 3. The third kappa shape index (κ3) is 5.23. The molecule has 30 heavy (non-hydrogen) atoms. The molecule has 2 aromatic carbocycles. The van der Waals surface area contributed by atoms with Gasteiger partial charge in [0.05, 0.1) is 15.5 Å². The highest BCUT2D eigenvalue weighted by molar-refractivity contribution is 8.18. The molecule has 1 heterocycles. The van der Waals surface area contributed by atoms with Crippen LogP contribution < -0.4 is 4.74 Å². The largest absolute Gasteiger partial charge is 0.487 e. The van der Waals surface area contributed by atoms with Crippen molar-refractivity contribution in [3.63, 3.8) is 0 Å². The van der Waals surface area contributed by atoms with Crippen LogP contribution in [0.25, 0.3) is 6.08 Å². The molecule has 1 aliphatic rings. The van der Waals surface area contributed by atoms with E-state index in [0.29, 0.717) is 27.8 Å². The van der Waals surface area contributed by atoms with Gasteiger partial charge in [0.1, 0.15) is 12.4 Å². The predicted octanol–water partition coefficient (Wildman–Crippen LogP) is 5.45. The van der Waals surface area contributed by atoms with Crippen molar-refractivity contribution in [1.82, 2.24) is 4.90 Å². The number of carboxylic acids is 1. The molecule has 3 rings (SSSR count). The minimum Gasteiger partial charge on any atom is -0.487 e. The van der Waals surface area contributed by atoms with Gasteiger partial charge in [0, 0.05) is 6.54 Å². The number of amides is 2. The number of benzene rings is 2. The van der Waals surface area contributed by atoms with Crippen LogP contribution in [0.15, 0.2) is 47.4 Å². The maximum Gasteiger partial charge on any atom is 0.335 e. The molecule has 2 aromatic rings. The lowest BCUT2D eigenvalue weighted by Crippen LogP contribution is -2.29. The van der Waals surface area contributed by atoms with E-state index < -0.39 is 5.97 Å². The number of unbranched alkanes of at least 4 members (excludes halogenated alkanes) is 1. The van der Waals surface area contributed by atoms with Crippen molar-refractivity contribution in [2.75, 3.05) is 6.54 Å². The Morgan fingerprint density at radius 3 is 2.57 bits per heavy atom. The standard InChI is InChI=1S/C22H20ClNO5S/c1-2-3-10-24-20(25)19(30-22(24)28)12-15-6-9-18(17(23)11-15)29-13-14-4-7-16(8-5-14)21(26)27/h4-9,11-12H,2-3,10,13H2,1H3,(H,26,27)/b19-12-. The van der Waals surface area contributed by atoms with Crippen LogP contribution in [-0.4, -0.2) is 33.7 Å². The number of carboxylic acid groups (broad SMARTS) is 1. The molecule has 0 radical (unpaired) electrons. The molecule has 1 fully saturated rings. The summed E-state index contributed by atoms with van der Waals surface area (Å²) < 4.78 is 5.71. The summed E-state index contributed by atoms with van der Waals surface area (Å²) in [6.45, 7) is 2.67. The Morgan fingerprint density at radius 2 is 1.93 bits per heavy atom. The lowest BCUT2D eigenvalue weighted by atomic mass is 10.1. The Kier molecular flexibility index (Phi) is 7.18. The molecule has 2 amide bonds. The molecule has 0 unspecified atom stereocenters. The molecule has 156 valence electrons. The van der Waals surface area contributed by atoms with Gasteiger partial charge in [-0.1, -0.05) is 43.1 Å². The number of halogens is 1. The topological polar surface area (TPSA) is 83.9 Å². The van der Waals surface area contributed by atoms with Gasteiger partial charge in [-0.3, -0.25) is 14.5 Å². The third-order valence-corrected chi connectivity index (χ3v) is 5.66. The van der Waals surface area contributed by atoms with Crippen molar-refractivity contribution < 1.29 is 24.2 Å². The van der Waals surface area contributed by atoms with E-state index >= 15 is 0 Å². The SMILES string of the molecule is CCCCN1C(=O)S/C(=C\c2ccc(OCc3ccc(C(=O)O)cc3)c(Cl)c2)C1=O. The van der Waals surface area contributed by atoms with Crippen LogP contribution in [0.1, 0.15) is 41.3 Å². The van der Waals surface area contributed by atoms with Gasteiger partial charge in [0.15, 0.2) is 0 Å². The quantitative estimate of drug-likeness (QED) is 0.543. The van der Waals surface area contributed by atoms with Crippen molar-refractivity contribution in [3.05, 3.63) is 69.1 Å². The third-order valence-electron chi connectivity index (χ3n) is 4.46. The van der Waals surface area contributed by atoms with Gasteiger partial charge in [-0.2, -0.15) is 0 Å². The number of nitrogens with zero attached hydrogens (tertiary/aromatic N) is 1. The smallest absolute Gasteiger partial charge is 0.335 e. The molecule has 1 N–H and O–H groups in total. The molecule has 0 aromatic heterocycles. The van der Waals surface area contributed by atoms with E-state index in [0.717, 1.165) is 30.2 Å². The summed E-state index contributed by atoms with van der Waals surface area (Å²) in [6, 6.07) is 11.5. The monoisotopic (exact) mass is 445 g/mol. The molecule has 0 bridgehead atoms. The lowest BCUT2D eigenvalue weighted by molar-refractivity contribution is -0.122. The summed E-state index contributed by atoms with van der Waals surface area (Å²) in [6.07, 6.45) is 3.33. The molecular weight excluding hydrogens is 426 g/mol. The summed E-state index contributed by atoms with van der Waals surface area (Å²) >= 11 is 7.24. The van der Waals surface area contributed by atoms with Crippen LogP contribution in [0.5, 0.6) is 5.75 Å². The fourth-order valence-corrected chi connectivity index (χ4v) is 3.90. The number of hydrogen-bond donors (Lipinski definition) is 1. The molecule has 0 saturated carbocycles. The number of rotatable bonds is 8. The van der Waals surface area contributed by atoms with Gasteiger partial charge in [-0.25, -0.2) is 4.79 Å². The van der Waals surface area contributed by atoms with Gasteiger partial charge in [0.25, 0.3) is 11.1 Å². The van der Waals surface area contributed by atoms with E-state index in [1.807, 2.05) is 6.92 Å². The Morgan fingerprint density at radius 1 is 1.20 bits per heavy atom. The predicted molar refractivity (Wildman–Crippen MR) is 117 cm³/mol. The van der Waals surface area contributed by atoms with E-state index in [4.69, 9.17) is 21.4 Å². The first-order valence-electron chi connectivity index (χ1n) is 9.39. The van der Waals surface area contributed by atoms with Gasteiger partial charge in [-0.05, 0) is 59.7 Å². The molecule has 1 saturated heterocycles. The van der Waals surface area contributed by atoms with E-state index in [1.165, 1.54) is 17.0 Å². The zero-order valence-corrected chi connectivity index (χ0v) is 17.8. The molecule has 0 aliphatic carbocycles. The van der Waals surface area contributed by atoms with Crippen LogP contribution in [0.3, 0.4) is 0 Å². The van der Waals surface area contributed by atoms with Gasteiger partial charge < -0.3 is 9.84 Å². The van der Waals surface area contributed by atoms with E-state index in [-0.39, 0.29) is 23.3 Å². The molecule has 0 spiro atoms. The summed E-state index contributed by atoms with van der Waals surface area (Å²) in [4.78, 5) is 37.0. The van der Waals surface area contributed by atoms with Gasteiger partial charge in [-0.15, -0.1) is 0 Å². The lowest BCUT2D eigenvalue weighted by Gasteiger charge is -2.11. The zero-order chi connectivity index (χ0) is 21.7. The Hall–Kier alpha value is -2.77. The van der Waals surface area contributed by atoms with Gasteiger partial charge >= 0.3 is 5.97 Å². The molecular formula is C22H20ClNO5S. The zero-order valence-electron chi connectivity index (χ0n) is 16.3. The van der Waals surface area contributed by atoms with Crippen molar-refractivity contribution in [1.29, 1.82) is 0 Å². The number of aromatic carboxylic acids is 1. The molecule has 8 heteroatoms. The van der Waals surface area contributed by atoms with Gasteiger partial charge in [0.2, 0.25) is 0 Å². The highest BCUT2D eigenvalue weighted by atomic mass is 35.5. The Labute approximate surface area is 183 Å². The average Bonchev–Trinajstić information content (AvgIpc) is 2.98. The van der Waals surface area contributed by atoms with Crippen molar-refractivity contribution in [2.24, 2.45) is 0 Å². The average molecular weight is 446 g/mol. The minimum atomic E-state index is -0.982. The van der Waals surface area contributed by atoms with Crippen molar-refractivity contribution in [2.45, 2.75) is 26.4 Å². The maximum atomic E-state index is 12.4. The van der Waals surface area contributed by atoms with E-state index in [1.54, 1.807) is 36.4 Å². The second kappa shape index (κ2) is 9.82. The second-order valence-electron chi connectivity index (χ2n) is 6.67. The number of hydrogen-bond acceptors (Lipinski definition) is 5. The first-order valence-corrected chi connectivity index (χ1v) is 10.6. The van der Waals surface area contributed by atoms with E-state index in [9.17, 15) is 14.4 Å². The normalized spacial score (nSPS) is 15.1. The van der Waals surface area contributed by atoms with Crippen LogP contribution in [0.2, 0.25) is 5.02 Å². The van der Waals surface area contributed by atoms with Crippen LogP contribution >= 0.6 is 23.4 Å². The number of ether oxygens (including phenoxy) is 1. The number of imide groups is 1. The van der Waals surface area contributed by atoms with E-state index in [2.05, 4.69) is 0 Å². The van der Waals surface area contributed by atoms with Crippen LogP contribution in [-0.2, 0) is 11.4 Å². The fourth-order valence-electron chi connectivity index (χ4n) is 2.79. The number of carbonyl (C=O) groups excluding carboxylic acids is 2. The summed E-state index contributed by atoms with van der Waals surface area (Å²) in [5.74, 6) is -0.795. The van der Waals surface area contributed by atoms with Crippen LogP contribution in [0, 0.1) is 0 Å². The first-order chi connectivity index (χ1) is 14.4. The second-order valence-corrected chi connectivity index (χ2v) is 8.07. The number of thioether (sulfide) groups is 1. The molecule has 6 nitrogen and oxygen atoms in total. The Bertz CT molecular complexity index is 1000. The summed E-state index contributed by atoms with van der Waals surface area (Å²) in [5.41, 5.74) is 1.71. The highest BCUT2D eigenvalue weighted by Gasteiger charge is 2.34. The van der Waals surface area contributed by atoms with Crippen molar-refractivity contribution in [3.8, 4) is 5.75 Å². The summed E-state index contributed by atoms with van der Waals surface area (Å²) in [7, 11) is 0. The first kappa shape index (κ1) is 21.9. The minimum absolute atomic E-state index is 0.209. The Balaban J connectivity index is 1.66. The fraction of sp³-hybridized carbons (Fsp3) is 0.227. The molecule has 1 aliphatic heterocycles.